The molecular weight excluding hydrogens is 280 g/mol. The lowest BCUT2D eigenvalue weighted by Crippen LogP contribution is -2.39. The van der Waals surface area contributed by atoms with E-state index in [4.69, 9.17) is 11.6 Å². The largest absolute Gasteiger partial charge is 0.506 e. The van der Waals surface area contributed by atoms with Gasteiger partial charge in [0.2, 0.25) is 0 Å². The van der Waals surface area contributed by atoms with Crippen LogP contribution in [0.1, 0.15) is 19.0 Å². The molecule has 0 radical (unpaired) electrons. The van der Waals surface area contributed by atoms with Gasteiger partial charge < -0.3 is 10.4 Å². The Hall–Kier alpha value is -1.52. The summed E-state index contributed by atoms with van der Waals surface area (Å²) in [5.41, 5.74) is 1.21. The van der Waals surface area contributed by atoms with Crippen LogP contribution < -0.4 is 5.32 Å². The summed E-state index contributed by atoms with van der Waals surface area (Å²) in [6, 6.07) is 3.65. The van der Waals surface area contributed by atoms with Crippen molar-refractivity contribution in [1.29, 1.82) is 0 Å². The number of aromatic hydroxyl groups is 1. The maximum atomic E-state index is 10.1. The van der Waals surface area contributed by atoms with Gasteiger partial charge in [-0.15, -0.1) is 11.3 Å². The smallest absolute Gasteiger partial charge is 0.136 e. The fourth-order valence-corrected chi connectivity index (χ4v) is 3.11. The van der Waals surface area contributed by atoms with Gasteiger partial charge >= 0.3 is 0 Å². The second-order valence-corrected chi connectivity index (χ2v) is 5.85. The van der Waals surface area contributed by atoms with E-state index in [0.717, 1.165) is 22.3 Å². The summed E-state index contributed by atoms with van der Waals surface area (Å²) in [5, 5.41) is 16.0. The number of allylic oxidation sites excluding steroid dienone is 2. The van der Waals surface area contributed by atoms with E-state index in [-0.39, 0.29) is 5.75 Å². The quantitative estimate of drug-likeness (QED) is 0.884. The van der Waals surface area contributed by atoms with Gasteiger partial charge in [-0.2, -0.15) is 0 Å². The van der Waals surface area contributed by atoms with Crippen molar-refractivity contribution < 1.29 is 5.11 Å². The standard InChI is InChI=1S/C14H13ClN2OS/c1-2-14(5-3-9(15)8-16-14)12-7-11(18)13-10(17-12)4-6-19-13/h3-8,16H,2H2,1H3,(H,17,18). The van der Waals surface area contributed by atoms with E-state index < -0.39 is 5.54 Å². The summed E-state index contributed by atoms with van der Waals surface area (Å²) in [6.45, 7) is 2.07. The Morgan fingerprint density at radius 2 is 2.37 bits per heavy atom. The fraction of sp³-hybridized carbons (Fsp3) is 0.214. The second-order valence-electron chi connectivity index (χ2n) is 4.49. The van der Waals surface area contributed by atoms with E-state index >= 15 is 0 Å². The Kier molecular flexibility index (Phi) is 2.99. The van der Waals surface area contributed by atoms with Crippen molar-refractivity contribution >= 4 is 33.2 Å². The lowest BCUT2D eigenvalue weighted by Gasteiger charge is -2.32. The minimum Gasteiger partial charge on any atom is -0.506 e. The van der Waals surface area contributed by atoms with Crippen molar-refractivity contribution in [2.75, 3.05) is 0 Å². The number of rotatable bonds is 2. The number of thiophene rings is 1. The highest BCUT2D eigenvalue weighted by atomic mass is 35.5. The van der Waals surface area contributed by atoms with Crippen molar-refractivity contribution in [1.82, 2.24) is 10.3 Å². The molecule has 98 valence electrons. The van der Waals surface area contributed by atoms with Gasteiger partial charge in [-0.3, -0.25) is 0 Å². The average molecular weight is 293 g/mol. The molecule has 1 unspecified atom stereocenters. The molecule has 0 saturated heterocycles. The number of aromatic nitrogens is 1. The van der Waals surface area contributed by atoms with E-state index in [0.29, 0.717) is 5.03 Å². The van der Waals surface area contributed by atoms with Gasteiger partial charge in [-0.05, 0) is 23.9 Å². The average Bonchev–Trinajstić information content (AvgIpc) is 2.89. The van der Waals surface area contributed by atoms with Crippen molar-refractivity contribution in [3.05, 3.63) is 46.6 Å². The van der Waals surface area contributed by atoms with Crippen LogP contribution in [-0.4, -0.2) is 10.1 Å². The zero-order valence-electron chi connectivity index (χ0n) is 10.4. The predicted molar refractivity (Wildman–Crippen MR) is 79.5 cm³/mol. The molecule has 2 aromatic rings. The summed E-state index contributed by atoms with van der Waals surface area (Å²) in [4.78, 5) is 4.65. The first-order valence-electron chi connectivity index (χ1n) is 6.05. The third kappa shape index (κ3) is 2.01. The predicted octanol–water partition coefficient (Wildman–Crippen LogP) is 3.85. The van der Waals surface area contributed by atoms with Crippen molar-refractivity contribution in [3.8, 4) is 5.75 Å². The summed E-state index contributed by atoms with van der Waals surface area (Å²) in [7, 11) is 0. The molecule has 0 amide bonds. The zero-order chi connectivity index (χ0) is 13.5. The lowest BCUT2D eigenvalue weighted by molar-refractivity contribution is 0.435. The highest BCUT2D eigenvalue weighted by molar-refractivity contribution is 7.17. The van der Waals surface area contributed by atoms with Gasteiger partial charge in [-0.1, -0.05) is 24.6 Å². The SMILES string of the molecule is CCC1(c2cc(O)c3sccc3n2)C=CC(Cl)=CN1. The number of nitrogens with zero attached hydrogens (tertiary/aromatic N) is 1. The summed E-state index contributed by atoms with van der Waals surface area (Å²) in [6.07, 6.45) is 6.43. The monoisotopic (exact) mass is 292 g/mol. The molecule has 3 rings (SSSR count). The first kappa shape index (κ1) is 12.5. The van der Waals surface area contributed by atoms with Crippen LogP contribution in [0, 0.1) is 0 Å². The molecule has 2 aromatic heterocycles. The van der Waals surface area contributed by atoms with Crippen LogP contribution in [0.2, 0.25) is 0 Å². The third-order valence-electron chi connectivity index (χ3n) is 3.40. The minimum atomic E-state index is -0.411. The highest BCUT2D eigenvalue weighted by Crippen LogP contribution is 2.35. The normalized spacial score (nSPS) is 22.3. The molecule has 0 aromatic carbocycles. The fourth-order valence-electron chi connectivity index (χ4n) is 2.24. The molecule has 1 atom stereocenters. The topological polar surface area (TPSA) is 45.2 Å². The lowest BCUT2D eigenvalue weighted by atomic mass is 9.89. The molecule has 3 heterocycles. The Balaban J connectivity index is 2.14. The van der Waals surface area contributed by atoms with Gasteiger partial charge in [0.1, 0.15) is 5.75 Å². The zero-order valence-corrected chi connectivity index (χ0v) is 11.9. The molecule has 2 N–H and O–H groups in total. The maximum absolute atomic E-state index is 10.1. The molecule has 0 fully saturated rings. The Labute approximate surface area is 120 Å². The number of fused-ring (bicyclic) bond motifs is 1. The van der Waals surface area contributed by atoms with E-state index in [1.54, 1.807) is 12.3 Å². The van der Waals surface area contributed by atoms with Crippen LogP contribution in [-0.2, 0) is 5.54 Å². The van der Waals surface area contributed by atoms with E-state index in [1.165, 1.54) is 11.3 Å². The van der Waals surface area contributed by atoms with Crippen LogP contribution in [0.25, 0.3) is 10.2 Å². The molecule has 0 spiro atoms. The second kappa shape index (κ2) is 4.54. The van der Waals surface area contributed by atoms with Gasteiger partial charge in [0.05, 0.1) is 26.5 Å². The summed E-state index contributed by atoms with van der Waals surface area (Å²) < 4.78 is 0.823. The molecule has 1 aliphatic heterocycles. The molecule has 0 bridgehead atoms. The number of halogens is 1. The van der Waals surface area contributed by atoms with Crippen LogP contribution >= 0.6 is 22.9 Å². The van der Waals surface area contributed by atoms with Crippen LogP contribution in [0.4, 0.5) is 0 Å². The first-order chi connectivity index (χ1) is 9.14. The van der Waals surface area contributed by atoms with Crippen molar-refractivity contribution in [2.45, 2.75) is 18.9 Å². The minimum absolute atomic E-state index is 0.277. The molecule has 0 aliphatic carbocycles. The first-order valence-corrected chi connectivity index (χ1v) is 7.31. The number of hydrogen-bond acceptors (Lipinski definition) is 4. The van der Waals surface area contributed by atoms with Crippen LogP contribution in [0.3, 0.4) is 0 Å². The molecule has 19 heavy (non-hydrogen) atoms. The Morgan fingerprint density at radius 3 is 3.05 bits per heavy atom. The number of dihydropyridines is 1. The molecule has 3 nitrogen and oxygen atoms in total. The molecular formula is C14H13ClN2OS. The molecule has 0 saturated carbocycles. The van der Waals surface area contributed by atoms with Gasteiger partial charge in [0.15, 0.2) is 0 Å². The van der Waals surface area contributed by atoms with Crippen LogP contribution in [0.5, 0.6) is 5.75 Å². The number of nitrogens with one attached hydrogen (secondary N) is 1. The number of pyridine rings is 1. The van der Waals surface area contributed by atoms with Gasteiger partial charge in [-0.25, -0.2) is 4.98 Å². The summed E-state index contributed by atoms with van der Waals surface area (Å²) in [5.74, 6) is 0.277. The van der Waals surface area contributed by atoms with E-state index in [2.05, 4.69) is 17.2 Å². The van der Waals surface area contributed by atoms with E-state index in [1.807, 2.05) is 23.6 Å². The Morgan fingerprint density at radius 1 is 1.53 bits per heavy atom. The van der Waals surface area contributed by atoms with Crippen molar-refractivity contribution in [2.24, 2.45) is 0 Å². The third-order valence-corrected chi connectivity index (χ3v) is 4.56. The van der Waals surface area contributed by atoms with Crippen molar-refractivity contribution in [3.63, 3.8) is 0 Å². The Bertz CT molecular complexity index is 692. The van der Waals surface area contributed by atoms with Gasteiger partial charge in [0.25, 0.3) is 0 Å². The van der Waals surface area contributed by atoms with Crippen LogP contribution in [0.15, 0.2) is 40.9 Å². The van der Waals surface area contributed by atoms with E-state index in [9.17, 15) is 5.11 Å². The molecule has 5 heteroatoms. The number of hydrogen-bond donors (Lipinski definition) is 2. The molecule has 1 aliphatic rings. The maximum Gasteiger partial charge on any atom is 0.136 e. The highest BCUT2D eigenvalue weighted by Gasteiger charge is 2.30. The summed E-state index contributed by atoms with van der Waals surface area (Å²) >= 11 is 7.43. The van der Waals surface area contributed by atoms with Gasteiger partial charge in [0, 0.05) is 12.3 Å².